The highest BCUT2D eigenvalue weighted by molar-refractivity contribution is 7.92. The van der Waals surface area contributed by atoms with Crippen molar-refractivity contribution < 1.29 is 13.2 Å². The summed E-state index contributed by atoms with van der Waals surface area (Å²) < 4.78 is 27.2. The van der Waals surface area contributed by atoms with E-state index < -0.39 is 10.0 Å². The average molecular weight is 430 g/mol. The van der Waals surface area contributed by atoms with Gasteiger partial charge in [0.1, 0.15) is 0 Å². The number of thiazole rings is 1. The molecule has 1 aromatic heterocycles. The van der Waals surface area contributed by atoms with Crippen molar-refractivity contribution in [1.29, 1.82) is 0 Å². The molecule has 152 valence electrons. The summed E-state index contributed by atoms with van der Waals surface area (Å²) in [5.41, 5.74) is 1.70. The number of sulfonamides is 1. The lowest BCUT2D eigenvalue weighted by atomic mass is 10.2. The molecule has 0 radical (unpaired) electrons. The first kappa shape index (κ1) is 21.0. The number of carbonyl (C=O) groups is 1. The number of rotatable bonds is 7. The van der Waals surface area contributed by atoms with E-state index in [9.17, 15) is 13.2 Å². The SMILES string of the molecule is CCc1nc(CN(C)C(=O)c2cccc(S(=O)(=O)N(C)c3ccccc3)c2)cs1. The largest absolute Gasteiger partial charge is 0.336 e. The fourth-order valence-electron chi connectivity index (χ4n) is 2.84. The van der Waals surface area contributed by atoms with Crippen LogP contribution in [0.2, 0.25) is 0 Å². The quantitative estimate of drug-likeness (QED) is 0.573. The first-order chi connectivity index (χ1) is 13.8. The number of amides is 1. The molecule has 0 aliphatic heterocycles. The van der Waals surface area contributed by atoms with Crippen LogP contribution in [0.4, 0.5) is 5.69 Å². The molecule has 0 atom stereocenters. The van der Waals surface area contributed by atoms with Gasteiger partial charge in [-0.2, -0.15) is 0 Å². The van der Waals surface area contributed by atoms with E-state index in [4.69, 9.17) is 0 Å². The highest BCUT2D eigenvalue weighted by Crippen LogP contribution is 2.23. The van der Waals surface area contributed by atoms with Gasteiger partial charge in [-0.3, -0.25) is 9.10 Å². The zero-order valence-electron chi connectivity index (χ0n) is 16.6. The number of aryl methyl sites for hydroxylation is 1. The Morgan fingerprint density at radius 1 is 1.07 bits per heavy atom. The Kier molecular flexibility index (Phi) is 6.34. The van der Waals surface area contributed by atoms with Crippen LogP contribution >= 0.6 is 11.3 Å². The smallest absolute Gasteiger partial charge is 0.264 e. The summed E-state index contributed by atoms with van der Waals surface area (Å²) in [7, 11) is -0.597. The molecule has 0 fully saturated rings. The molecule has 1 heterocycles. The third-order valence-corrected chi connectivity index (χ3v) is 7.33. The van der Waals surface area contributed by atoms with E-state index in [2.05, 4.69) is 4.98 Å². The number of anilines is 1. The minimum Gasteiger partial charge on any atom is -0.336 e. The molecule has 0 bridgehead atoms. The van der Waals surface area contributed by atoms with Crippen LogP contribution in [0.1, 0.15) is 28.0 Å². The lowest BCUT2D eigenvalue weighted by Crippen LogP contribution is -2.28. The van der Waals surface area contributed by atoms with Crippen LogP contribution in [-0.2, 0) is 23.0 Å². The standard InChI is InChI=1S/C21H23N3O3S2/c1-4-20-22-17(15-28-20)14-23(2)21(25)16-9-8-12-19(13-16)29(26,27)24(3)18-10-6-5-7-11-18/h5-13,15H,4,14H2,1-3H3. The van der Waals surface area contributed by atoms with E-state index in [1.807, 2.05) is 18.4 Å². The van der Waals surface area contributed by atoms with E-state index in [1.165, 1.54) is 23.5 Å². The molecular formula is C21H23N3O3S2. The second kappa shape index (κ2) is 8.75. The molecule has 0 unspecified atom stereocenters. The zero-order valence-corrected chi connectivity index (χ0v) is 18.2. The van der Waals surface area contributed by atoms with E-state index in [-0.39, 0.29) is 10.8 Å². The van der Waals surface area contributed by atoms with Crippen molar-refractivity contribution in [3.63, 3.8) is 0 Å². The summed E-state index contributed by atoms with van der Waals surface area (Å²) in [6, 6.07) is 15.0. The predicted octanol–water partition coefficient (Wildman–Crippen LogP) is 3.80. The third kappa shape index (κ3) is 4.65. The molecular weight excluding hydrogens is 406 g/mol. The first-order valence-corrected chi connectivity index (χ1v) is 11.5. The van der Waals surface area contributed by atoms with Crippen molar-refractivity contribution >= 4 is 33.0 Å². The fourth-order valence-corrected chi connectivity index (χ4v) is 4.82. The molecule has 0 aliphatic carbocycles. The van der Waals surface area contributed by atoms with Crippen molar-refractivity contribution in [1.82, 2.24) is 9.88 Å². The number of para-hydroxylation sites is 1. The minimum absolute atomic E-state index is 0.0741. The maximum absolute atomic E-state index is 13.0. The van der Waals surface area contributed by atoms with E-state index in [0.29, 0.717) is 17.8 Å². The molecule has 3 rings (SSSR count). The van der Waals surface area contributed by atoms with Gasteiger partial charge in [-0.05, 0) is 36.8 Å². The second-order valence-corrected chi connectivity index (χ2v) is 9.50. The van der Waals surface area contributed by atoms with Crippen LogP contribution in [0.25, 0.3) is 0 Å². The molecule has 1 amide bonds. The molecule has 6 nitrogen and oxygen atoms in total. The number of hydrogen-bond donors (Lipinski definition) is 0. The number of hydrogen-bond acceptors (Lipinski definition) is 5. The number of benzene rings is 2. The molecule has 3 aromatic rings. The van der Waals surface area contributed by atoms with Crippen molar-refractivity contribution in [3.05, 3.63) is 76.2 Å². The van der Waals surface area contributed by atoms with Crippen LogP contribution in [0.5, 0.6) is 0 Å². The Hall–Kier alpha value is -2.71. The molecule has 0 saturated heterocycles. The van der Waals surface area contributed by atoms with Crippen molar-refractivity contribution in [2.24, 2.45) is 0 Å². The summed E-state index contributed by atoms with van der Waals surface area (Å²) in [5, 5.41) is 2.97. The monoisotopic (exact) mass is 429 g/mol. The number of carbonyl (C=O) groups excluding carboxylic acids is 1. The number of nitrogens with zero attached hydrogens (tertiary/aromatic N) is 3. The lowest BCUT2D eigenvalue weighted by molar-refractivity contribution is 0.0783. The Morgan fingerprint density at radius 2 is 1.79 bits per heavy atom. The summed E-state index contributed by atoms with van der Waals surface area (Å²) in [6.45, 7) is 2.41. The van der Waals surface area contributed by atoms with Gasteiger partial charge in [0.25, 0.3) is 15.9 Å². The Morgan fingerprint density at radius 3 is 2.45 bits per heavy atom. The van der Waals surface area contributed by atoms with Gasteiger partial charge in [0, 0.05) is 25.0 Å². The van der Waals surface area contributed by atoms with Gasteiger partial charge in [0.2, 0.25) is 0 Å². The Labute approximate surface area is 175 Å². The Bertz CT molecular complexity index is 1100. The van der Waals surface area contributed by atoms with Gasteiger partial charge in [-0.25, -0.2) is 13.4 Å². The van der Waals surface area contributed by atoms with Crippen molar-refractivity contribution in [3.8, 4) is 0 Å². The number of aromatic nitrogens is 1. The van der Waals surface area contributed by atoms with Crippen LogP contribution in [-0.4, -0.2) is 38.3 Å². The summed E-state index contributed by atoms with van der Waals surface area (Å²) >= 11 is 1.57. The average Bonchev–Trinajstić information content (AvgIpc) is 3.20. The van der Waals surface area contributed by atoms with Gasteiger partial charge < -0.3 is 4.90 Å². The van der Waals surface area contributed by atoms with E-state index in [1.54, 1.807) is 59.7 Å². The minimum atomic E-state index is -3.78. The predicted molar refractivity (Wildman–Crippen MR) is 116 cm³/mol. The Balaban J connectivity index is 1.81. The topological polar surface area (TPSA) is 70.6 Å². The zero-order chi connectivity index (χ0) is 21.0. The van der Waals surface area contributed by atoms with Gasteiger partial charge in [0.15, 0.2) is 0 Å². The van der Waals surface area contributed by atoms with E-state index in [0.717, 1.165) is 17.1 Å². The molecule has 0 spiro atoms. The highest BCUT2D eigenvalue weighted by Gasteiger charge is 2.23. The first-order valence-electron chi connectivity index (χ1n) is 9.15. The molecule has 29 heavy (non-hydrogen) atoms. The molecule has 2 aromatic carbocycles. The molecule has 8 heteroatoms. The fraction of sp³-hybridized carbons (Fsp3) is 0.238. The maximum atomic E-state index is 13.0. The van der Waals surface area contributed by atoms with Crippen LogP contribution in [0.15, 0.2) is 64.9 Å². The second-order valence-electron chi connectivity index (χ2n) is 6.58. The third-order valence-electron chi connectivity index (χ3n) is 4.51. The van der Waals surface area contributed by atoms with Gasteiger partial charge in [-0.15, -0.1) is 11.3 Å². The van der Waals surface area contributed by atoms with Crippen LogP contribution < -0.4 is 4.31 Å². The van der Waals surface area contributed by atoms with Crippen LogP contribution in [0, 0.1) is 0 Å². The summed E-state index contributed by atoms with van der Waals surface area (Å²) in [4.78, 5) is 18.9. The van der Waals surface area contributed by atoms with Crippen molar-refractivity contribution in [2.45, 2.75) is 24.8 Å². The van der Waals surface area contributed by atoms with Crippen molar-refractivity contribution in [2.75, 3.05) is 18.4 Å². The van der Waals surface area contributed by atoms with Gasteiger partial charge >= 0.3 is 0 Å². The van der Waals surface area contributed by atoms with E-state index >= 15 is 0 Å². The van der Waals surface area contributed by atoms with Gasteiger partial charge in [0.05, 0.1) is 27.8 Å². The lowest BCUT2D eigenvalue weighted by Gasteiger charge is -2.20. The maximum Gasteiger partial charge on any atom is 0.264 e. The van der Waals surface area contributed by atoms with Crippen LogP contribution in [0.3, 0.4) is 0 Å². The molecule has 0 N–H and O–H groups in total. The van der Waals surface area contributed by atoms with Gasteiger partial charge in [-0.1, -0.05) is 31.2 Å². The normalized spacial score (nSPS) is 11.3. The summed E-state index contributed by atoms with van der Waals surface area (Å²) in [6.07, 6.45) is 0.858. The summed E-state index contributed by atoms with van der Waals surface area (Å²) in [5.74, 6) is -0.254. The molecule has 0 saturated carbocycles. The molecule has 0 aliphatic rings. The highest BCUT2D eigenvalue weighted by atomic mass is 32.2.